The average molecular weight is 547 g/mol. The fourth-order valence-corrected chi connectivity index (χ4v) is 3.92. The number of amides is 1. The van der Waals surface area contributed by atoms with Crippen LogP contribution in [0.1, 0.15) is 57.2 Å². The molecular formula is C23H34NO12P. The highest BCUT2D eigenvalue weighted by atomic mass is 31.2. The van der Waals surface area contributed by atoms with Gasteiger partial charge >= 0.3 is 25.9 Å². The van der Waals surface area contributed by atoms with Crippen molar-refractivity contribution in [2.45, 2.75) is 65.3 Å². The zero-order chi connectivity index (χ0) is 28.6. The summed E-state index contributed by atoms with van der Waals surface area (Å²) in [7, 11) is -5.02. The Labute approximate surface area is 214 Å². The third kappa shape index (κ3) is 11.6. The zero-order valence-corrected chi connectivity index (χ0v) is 22.2. The molecule has 37 heavy (non-hydrogen) atoms. The third-order valence-corrected chi connectivity index (χ3v) is 5.50. The van der Waals surface area contributed by atoms with Crippen LogP contribution in [-0.4, -0.2) is 63.3 Å². The molecule has 208 valence electrons. The summed E-state index contributed by atoms with van der Waals surface area (Å²) >= 11 is 0. The van der Waals surface area contributed by atoms with Gasteiger partial charge in [0.1, 0.15) is 11.8 Å². The van der Waals surface area contributed by atoms with E-state index in [4.69, 9.17) is 19.1 Å². The maximum atomic E-state index is 12.7. The SMILES string of the molecule is Cc1cc(CC(=O)NC(CC(=O)O)C(=O)O)c(C(C)(C)CCOC(=O)OCC(C)C)c(OP(=O)(O)O)c1. The van der Waals surface area contributed by atoms with Crippen LogP contribution in [0, 0.1) is 12.8 Å². The summed E-state index contributed by atoms with van der Waals surface area (Å²) in [6.07, 6.45) is -2.03. The largest absolute Gasteiger partial charge is 0.524 e. The number of carbonyl (C=O) groups is 4. The predicted octanol–water partition coefficient (Wildman–Crippen LogP) is 2.53. The van der Waals surface area contributed by atoms with Gasteiger partial charge in [0, 0.05) is 5.56 Å². The Hall–Kier alpha value is -3.15. The monoisotopic (exact) mass is 547 g/mol. The first-order valence-corrected chi connectivity index (χ1v) is 12.9. The molecule has 14 heteroatoms. The van der Waals surface area contributed by atoms with E-state index in [0.717, 1.165) is 0 Å². The van der Waals surface area contributed by atoms with Crippen molar-refractivity contribution >= 4 is 31.8 Å². The second kappa shape index (κ2) is 13.4. The Morgan fingerprint density at radius 1 is 1.08 bits per heavy atom. The Bertz CT molecular complexity index is 1050. The van der Waals surface area contributed by atoms with Crippen LogP contribution in [0.25, 0.3) is 0 Å². The molecule has 13 nitrogen and oxygen atoms in total. The Morgan fingerprint density at radius 3 is 2.22 bits per heavy atom. The van der Waals surface area contributed by atoms with Crippen molar-refractivity contribution in [3.63, 3.8) is 0 Å². The number of aliphatic carboxylic acids is 2. The second-order valence-corrected chi connectivity index (χ2v) is 10.7. The molecular weight excluding hydrogens is 513 g/mol. The van der Waals surface area contributed by atoms with Crippen molar-refractivity contribution in [1.82, 2.24) is 5.32 Å². The second-order valence-electron chi connectivity index (χ2n) is 9.55. The lowest BCUT2D eigenvalue weighted by atomic mass is 9.77. The molecule has 1 unspecified atom stereocenters. The number of carboxylic acid groups (broad SMARTS) is 2. The van der Waals surface area contributed by atoms with Crippen molar-refractivity contribution < 1.29 is 57.7 Å². The summed E-state index contributed by atoms with van der Waals surface area (Å²) in [6.45, 7) is 8.71. The number of nitrogens with one attached hydrogen (secondary N) is 1. The van der Waals surface area contributed by atoms with E-state index in [9.17, 15) is 38.6 Å². The number of carboxylic acids is 2. The molecule has 0 aliphatic heterocycles. The molecule has 0 bridgehead atoms. The van der Waals surface area contributed by atoms with Crippen LogP contribution in [0.4, 0.5) is 4.79 Å². The molecule has 1 aromatic carbocycles. The van der Waals surface area contributed by atoms with Gasteiger partial charge in [0.2, 0.25) is 5.91 Å². The summed E-state index contributed by atoms with van der Waals surface area (Å²) in [5.74, 6) is -3.88. The molecule has 1 amide bonds. The van der Waals surface area contributed by atoms with E-state index in [2.05, 4.69) is 5.32 Å². The Kier molecular flexibility index (Phi) is 11.6. The van der Waals surface area contributed by atoms with Crippen molar-refractivity contribution in [1.29, 1.82) is 0 Å². The van der Waals surface area contributed by atoms with E-state index < -0.39 is 56.1 Å². The van der Waals surface area contributed by atoms with Gasteiger partial charge in [0.15, 0.2) is 0 Å². The van der Waals surface area contributed by atoms with Gasteiger partial charge in [-0.25, -0.2) is 14.2 Å². The fourth-order valence-electron chi connectivity index (χ4n) is 3.52. The van der Waals surface area contributed by atoms with Crippen LogP contribution in [0.2, 0.25) is 0 Å². The number of benzene rings is 1. The summed E-state index contributed by atoms with van der Waals surface area (Å²) < 4.78 is 26.6. The number of phosphoric ester groups is 1. The van der Waals surface area contributed by atoms with E-state index in [0.29, 0.717) is 5.56 Å². The van der Waals surface area contributed by atoms with Crippen LogP contribution in [0.15, 0.2) is 12.1 Å². The lowest BCUT2D eigenvalue weighted by molar-refractivity contribution is -0.147. The third-order valence-electron chi connectivity index (χ3n) is 5.07. The lowest BCUT2D eigenvalue weighted by Gasteiger charge is -2.30. The summed E-state index contributed by atoms with van der Waals surface area (Å²) in [4.78, 5) is 65.6. The number of rotatable bonds is 14. The first kappa shape index (κ1) is 31.9. The van der Waals surface area contributed by atoms with Crippen molar-refractivity contribution in [2.24, 2.45) is 5.92 Å². The van der Waals surface area contributed by atoms with Crippen molar-refractivity contribution in [3.05, 3.63) is 28.8 Å². The maximum absolute atomic E-state index is 12.7. The summed E-state index contributed by atoms with van der Waals surface area (Å²) in [5, 5.41) is 20.3. The zero-order valence-electron chi connectivity index (χ0n) is 21.3. The standard InChI is InChI=1S/C23H34NO12P/c1-13(2)12-35-22(30)34-7-6-23(4,5)20-15(8-14(3)9-17(20)36-37(31,32)33)10-18(25)24-16(21(28)29)11-19(26)27/h8-9,13,16H,6-7,10-12H2,1-5H3,(H,24,25)(H,26,27)(H,28,29)(H2,31,32,33). The van der Waals surface area contributed by atoms with Crippen LogP contribution in [-0.2, 0) is 40.3 Å². The highest BCUT2D eigenvalue weighted by molar-refractivity contribution is 7.46. The van der Waals surface area contributed by atoms with Gasteiger partial charge in [-0.3, -0.25) is 19.4 Å². The molecule has 1 atom stereocenters. The van der Waals surface area contributed by atoms with Crippen molar-refractivity contribution in [2.75, 3.05) is 13.2 Å². The summed E-state index contributed by atoms with van der Waals surface area (Å²) in [5.41, 5.74) is -0.00682. The molecule has 1 rings (SSSR count). The topological polar surface area (TPSA) is 206 Å². The molecule has 1 aromatic rings. The van der Waals surface area contributed by atoms with Gasteiger partial charge in [-0.05, 0) is 41.9 Å². The summed E-state index contributed by atoms with van der Waals surface area (Å²) in [6, 6.07) is 1.26. The van der Waals surface area contributed by atoms with Crippen molar-refractivity contribution in [3.8, 4) is 5.75 Å². The molecule has 0 saturated heterocycles. The van der Waals surface area contributed by atoms with Gasteiger partial charge in [-0.2, -0.15) is 0 Å². The van der Waals surface area contributed by atoms with Crippen LogP contribution < -0.4 is 9.84 Å². The van der Waals surface area contributed by atoms with E-state index in [1.54, 1.807) is 26.8 Å². The van der Waals surface area contributed by atoms with E-state index in [-0.39, 0.29) is 42.4 Å². The van der Waals surface area contributed by atoms with Crippen LogP contribution in [0.3, 0.4) is 0 Å². The van der Waals surface area contributed by atoms with E-state index >= 15 is 0 Å². The highest BCUT2D eigenvalue weighted by Gasteiger charge is 2.32. The minimum absolute atomic E-state index is 0.105. The molecule has 0 heterocycles. The number of ether oxygens (including phenoxy) is 2. The van der Waals surface area contributed by atoms with Crippen LogP contribution >= 0.6 is 7.82 Å². The minimum atomic E-state index is -5.02. The molecule has 0 saturated carbocycles. The average Bonchev–Trinajstić information content (AvgIpc) is 2.69. The minimum Gasteiger partial charge on any atom is -0.481 e. The predicted molar refractivity (Wildman–Crippen MR) is 129 cm³/mol. The highest BCUT2D eigenvalue weighted by Crippen LogP contribution is 2.45. The molecule has 0 aromatic heterocycles. The molecule has 0 spiro atoms. The maximum Gasteiger partial charge on any atom is 0.524 e. The number of carbonyl (C=O) groups excluding carboxylic acids is 2. The normalized spacial score (nSPS) is 12.5. The molecule has 0 aliphatic carbocycles. The Balaban J connectivity index is 3.29. The number of hydrogen-bond donors (Lipinski definition) is 5. The van der Waals surface area contributed by atoms with Crippen LogP contribution in [0.5, 0.6) is 5.75 Å². The van der Waals surface area contributed by atoms with Gasteiger partial charge < -0.3 is 29.5 Å². The first-order chi connectivity index (χ1) is 16.9. The Morgan fingerprint density at radius 2 is 1.70 bits per heavy atom. The van der Waals surface area contributed by atoms with Gasteiger partial charge in [0.25, 0.3) is 0 Å². The smallest absolute Gasteiger partial charge is 0.481 e. The number of hydrogen-bond acceptors (Lipinski definition) is 8. The fraction of sp³-hybridized carbons (Fsp3) is 0.565. The lowest BCUT2D eigenvalue weighted by Crippen LogP contribution is -2.43. The molecule has 0 aliphatic rings. The first-order valence-electron chi connectivity index (χ1n) is 11.3. The molecule has 0 fully saturated rings. The quantitative estimate of drug-likeness (QED) is 0.168. The number of phosphoric acid groups is 1. The van der Waals surface area contributed by atoms with Gasteiger partial charge in [-0.15, -0.1) is 0 Å². The van der Waals surface area contributed by atoms with Gasteiger partial charge in [0.05, 0.1) is 26.1 Å². The van der Waals surface area contributed by atoms with Gasteiger partial charge in [-0.1, -0.05) is 33.8 Å². The molecule has 5 N–H and O–H groups in total. The van der Waals surface area contributed by atoms with E-state index in [1.165, 1.54) is 6.07 Å². The van der Waals surface area contributed by atoms with E-state index in [1.807, 2.05) is 13.8 Å². The molecule has 0 radical (unpaired) electrons. The number of aryl methyl sites for hydroxylation is 1.